The zero-order valence-electron chi connectivity index (χ0n) is 15.8. The number of carbonyl (C=O) groups excluding carboxylic acids is 1. The Labute approximate surface area is 165 Å². The Morgan fingerprint density at radius 1 is 0.966 bits per heavy atom. The molecule has 0 aliphatic rings. The highest BCUT2D eigenvalue weighted by Gasteiger charge is 2.12. The van der Waals surface area contributed by atoms with Gasteiger partial charge in [-0.25, -0.2) is 4.68 Å². The summed E-state index contributed by atoms with van der Waals surface area (Å²) in [4.78, 5) is 37.2. The number of H-pyrrole nitrogens is 1. The van der Waals surface area contributed by atoms with Crippen molar-refractivity contribution in [2.75, 3.05) is 7.11 Å². The van der Waals surface area contributed by atoms with E-state index in [1.165, 1.54) is 0 Å². The standard InChI is InChI=1S/C22H19N3O4/c1-29-19-11-10-14-6-2-3-7-15(14)18(19)12-23-20(26)13-25-22(28)17-9-5-4-8-16(17)21(27)24-25/h2-11H,12-13H2,1H3,(H,23,26)(H,24,27). The molecule has 0 aliphatic carbocycles. The van der Waals surface area contributed by atoms with Crippen molar-refractivity contribution in [3.63, 3.8) is 0 Å². The number of methoxy groups -OCH3 is 1. The van der Waals surface area contributed by atoms with Crippen LogP contribution in [-0.2, 0) is 17.9 Å². The molecule has 0 radical (unpaired) electrons. The minimum Gasteiger partial charge on any atom is -0.496 e. The molecule has 1 aromatic heterocycles. The third-order valence-electron chi connectivity index (χ3n) is 4.87. The van der Waals surface area contributed by atoms with E-state index in [0.717, 1.165) is 21.0 Å². The number of benzene rings is 3. The van der Waals surface area contributed by atoms with Crippen LogP contribution in [0.15, 0.2) is 70.3 Å². The minimum atomic E-state index is -0.418. The van der Waals surface area contributed by atoms with E-state index in [4.69, 9.17) is 4.74 Å². The fraction of sp³-hybridized carbons (Fsp3) is 0.136. The molecule has 0 fully saturated rings. The van der Waals surface area contributed by atoms with Crippen LogP contribution >= 0.6 is 0 Å². The highest BCUT2D eigenvalue weighted by atomic mass is 16.5. The largest absolute Gasteiger partial charge is 0.496 e. The lowest BCUT2D eigenvalue weighted by atomic mass is 10.0. The zero-order valence-corrected chi connectivity index (χ0v) is 15.8. The minimum absolute atomic E-state index is 0.232. The average molecular weight is 389 g/mol. The van der Waals surface area contributed by atoms with Crippen molar-refractivity contribution in [3.05, 3.63) is 86.9 Å². The van der Waals surface area contributed by atoms with E-state index < -0.39 is 17.0 Å². The van der Waals surface area contributed by atoms with Crippen molar-refractivity contribution in [1.82, 2.24) is 15.1 Å². The fourth-order valence-electron chi connectivity index (χ4n) is 3.43. The quantitative estimate of drug-likeness (QED) is 0.547. The number of aromatic amines is 1. The summed E-state index contributed by atoms with van der Waals surface area (Å²) in [5, 5.41) is 7.86. The van der Waals surface area contributed by atoms with Gasteiger partial charge in [-0.15, -0.1) is 0 Å². The number of nitrogens with one attached hydrogen (secondary N) is 2. The van der Waals surface area contributed by atoms with Gasteiger partial charge in [0.25, 0.3) is 11.1 Å². The van der Waals surface area contributed by atoms with Crippen LogP contribution in [0.1, 0.15) is 5.56 Å². The second kappa shape index (κ2) is 7.63. The first-order chi connectivity index (χ1) is 14.1. The maximum atomic E-state index is 12.6. The maximum Gasteiger partial charge on any atom is 0.273 e. The van der Waals surface area contributed by atoms with Gasteiger partial charge in [0, 0.05) is 12.1 Å². The molecule has 7 heteroatoms. The molecule has 0 bridgehead atoms. The van der Waals surface area contributed by atoms with E-state index in [-0.39, 0.29) is 18.5 Å². The van der Waals surface area contributed by atoms with E-state index in [0.29, 0.717) is 11.1 Å². The van der Waals surface area contributed by atoms with Crippen molar-refractivity contribution in [2.45, 2.75) is 13.1 Å². The van der Waals surface area contributed by atoms with E-state index in [9.17, 15) is 14.4 Å². The molecule has 1 amide bonds. The third kappa shape index (κ3) is 3.50. The lowest BCUT2D eigenvalue weighted by molar-refractivity contribution is -0.122. The van der Waals surface area contributed by atoms with Gasteiger partial charge in [0.2, 0.25) is 5.91 Å². The number of amides is 1. The Morgan fingerprint density at radius 2 is 1.66 bits per heavy atom. The van der Waals surface area contributed by atoms with Crippen molar-refractivity contribution in [3.8, 4) is 5.75 Å². The number of ether oxygens (including phenoxy) is 1. The summed E-state index contributed by atoms with van der Waals surface area (Å²) < 4.78 is 6.46. The highest BCUT2D eigenvalue weighted by molar-refractivity contribution is 5.88. The second-order valence-electron chi connectivity index (χ2n) is 6.62. The summed E-state index contributed by atoms with van der Waals surface area (Å²) in [7, 11) is 1.58. The van der Waals surface area contributed by atoms with Gasteiger partial charge in [-0.2, -0.15) is 0 Å². The van der Waals surface area contributed by atoms with E-state index in [1.807, 2.05) is 36.4 Å². The summed E-state index contributed by atoms with van der Waals surface area (Å²) in [6.45, 7) is -0.0537. The van der Waals surface area contributed by atoms with E-state index in [1.54, 1.807) is 31.4 Å². The Bertz CT molecular complexity index is 1340. The predicted octanol–water partition coefficient (Wildman–Crippen LogP) is 2.17. The average Bonchev–Trinajstić information content (AvgIpc) is 2.75. The molecule has 0 saturated carbocycles. The van der Waals surface area contributed by atoms with Gasteiger partial charge in [0.15, 0.2) is 0 Å². The molecular formula is C22H19N3O4. The van der Waals surface area contributed by atoms with Crippen LogP contribution in [-0.4, -0.2) is 22.8 Å². The van der Waals surface area contributed by atoms with Crippen molar-refractivity contribution in [2.24, 2.45) is 0 Å². The predicted molar refractivity (Wildman–Crippen MR) is 111 cm³/mol. The van der Waals surface area contributed by atoms with Gasteiger partial charge in [0.1, 0.15) is 12.3 Å². The number of rotatable bonds is 5. The van der Waals surface area contributed by atoms with Crippen molar-refractivity contribution in [1.29, 1.82) is 0 Å². The monoisotopic (exact) mass is 389 g/mol. The van der Waals surface area contributed by atoms with Crippen LogP contribution in [0.3, 0.4) is 0 Å². The van der Waals surface area contributed by atoms with Crippen LogP contribution in [0.4, 0.5) is 0 Å². The number of hydrogen-bond donors (Lipinski definition) is 2. The summed E-state index contributed by atoms with van der Waals surface area (Å²) in [6, 6.07) is 18.1. The van der Waals surface area contributed by atoms with Gasteiger partial charge in [-0.3, -0.25) is 19.5 Å². The van der Waals surface area contributed by atoms with Crippen molar-refractivity contribution >= 4 is 27.5 Å². The summed E-state index contributed by atoms with van der Waals surface area (Å²) in [5.74, 6) is 0.272. The summed E-state index contributed by atoms with van der Waals surface area (Å²) in [5.41, 5.74) is 0.0140. The molecule has 0 saturated heterocycles. The molecular weight excluding hydrogens is 370 g/mol. The summed E-state index contributed by atoms with van der Waals surface area (Å²) >= 11 is 0. The second-order valence-corrected chi connectivity index (χ2v) is 6.62. The van der Waals surface area contributed by atoms with Crippen LogP contribution in [0, 0.1) is 0 Å². The Kier molecular flexibility index (Phi) is 4.87. The molecule has 0 aliphatic heterocycles. The van der Waals surface area contributed by atoms with E-state index in [2.05, 4.69) is 10.4 Å². The Hall–Kier alpha value is -3.87. The van der Waals surface area contributed by atoms with Gasteiger partial charge in [-0.05, 0) is 29.0 Å². The molecule has 1 heterocycles. The molecule has 0 atom stereocenters. The molecule has 0 spiro atoms. The van der Waals surface area contributed by atoms with Crippen LogP contribution in [0.2, 0.25) is 0 Å². The maximum absolute atomic E-state index is 12.6. The summed E-state index contributed by atoms with van der Waals surface area (Å²) in [6.07, 6.45) is 0. The first-order valence-corrected chi connectivity index (χ1v) is 9.11. The number of aromatic nitrogens is 2. The van der Waals surface area contributed by atoms with E-state index >= 15 is 0 Å². The number of carbonyl (C=O) groups is 1. The molecule has 29 heavy (non-hydrogen) atoms. The number of fused-ring (bicyclic) bond motifs is 2. The van der Waals surface area contributed by atoms with Gasteiger partial charge < -0.3 is 10.1 Å². The molecule has 2 N–H and O–H groups in total. The molecule has 146 valence electrons. The first kappa shape index (κ1) is 18.5. The first-order valence-electron chi connectivity index (χ1n) is 9.11. The van der Waals surface area contributed by atoms with Gasteiger partial charge >= 0.3 is 0 Å². The van der Waals surface area contributed by atoms with Crippen LogP contribution < -0.4 is 21.2 Å². The molecule has 4 aromatic rings. The number of hydrogen-bond acceptors (Lipinski definition) is 4. The fourth-order valence-corrected chi connectivity index (χ4v) is 3.43. The van der Waals surface area contributed by atoms with Crippen molar-refractivity contribution < 1.29 is 9.53 Å². The highest BCUT2D eigenvalue weighted by Crippen LogP contribution is 2.27. The lowest BCUT2D eigenvalue weighted by Crippen LogP contribution is -2.36. The Morgan fingerprint density at radius 3 is 2.41 bits per heavy atom. The molecule has 7 nitrogen and oxygen atoms in total. The number of nitrogens with zero attached hydrogens (tertiary/aromatic N) is 1. The van der Waals surface area contributed by atoms with Crippen LogP contribution in [0.5, 0.6) is 5.75 Å². The normalized spacial score (nSPS) is 10.9. The smallest absolute Gasteiger partial charge is 0.273 e. The molecule has 3 aromatic carbocycles. The molecule has 4 rings (SSSR count). The SMILES string of the molecule is COc1ccc2ccccc2c1CNC(=O)Cn1[nH]c(=O)c2ccccc2c1=O. The topological polar surface area (TPSA) is 93.2 Å². The lowest BCUT2D eigenvalue weighted by Gasteiger charge is -2.13. The van der Waals surface area contributed by atoms with Crippen LogP contribution in [0.25, 0.3) is 21.5 Å². The van der Waals surface area contributed by atoms with Gasteiger partial charge in [0.05, 0.1) is 17.9 Å². The third-order valence-corrected chi connectivity index (χ3v) is 4.87. The van der Waals surface area contributed by atoms with Gasteiger partial charge in [-0.1, -0.05) is 42.5 Å². The molecule has 0 unspecified atom stereocenters. The Balaban J connectivity index is 1.59. The zero-order chi connectivity index (χ0) is 20.4.